The summed E-state index contributed by atoms with van der Waals surface area (Å²) >= 11 is 6.00. The number of nitrogens with zero attached hydrogens (tertiary/aromatic N) is 6. The predicted molar refractivity (Wildman–Crippen MR) is 135 cm³/mol. The average molecular weight is 544 g/mol. The number of rotatable bonds is 6. The van der Waals surface area contributed by atoms with Crippen LogP contribution in [0.2, 0.25) is 5.02 Å². The van der Waals surface area contributed by atoms with Gasteiger partial charge in [0.05, 0.1) is 36.6 Å². The molecular formula is C24H21ClF2N8O3. The van der Waals surface area contributed by atoms with Crippen molar-refractivity contribution in [1.29, 1.82) is 10.9 Å². The summed E-state index contributed by atoms with van der Waals surface area (Å²) in [5.41, 5.74) is 7.12. The summed E-state index contributed by atoms with van der Waals surface area (Å²) in [7, 11) is 0. The highest BCUT2D eigenvalue weighted by Gasteiger charge is 2.43. The third-order valence-electron chi connectivity index (χ3n) is 6.59. The van der Waals surface area contributed by atoms with Gasteiger partial charge in [0.15, 0.2) is 17.5 Å². The molecule has 1 aromatic rings. The number of halogens is 3. The number of hydrogen-bond donors (Lipinski definition) is 4. The van der Waals surface area contributed by atoms with Crippen molar-refractivity contribution in [3.05, 3.63) is 69.7 Å². The summed E-state index contributed by atoms with van der Waals surface area (Å²) in [5.74, 6) is -2.15. The maximum Gasteiger partial charge on any atom is 0.247 e. The molecule has 2 atom stereocenters. The van der Waals surface area contributed by atoms with Crippen molar-refractivity contribution in [3.8, 4) is 0 Å². The van der Waals surface area contributed by atoms with Gasteiger partial charge in [-0.05, 0) is 43.0 Å². The average Bonchev–Trinajstić information content (AvgIpc) is 3.52. The number of aliphatic hydroxyl groups excluding tert-OH is 1. The first-order chi connectivity index (χ1) is 18.6. The topological polar surface area (TPSA) is 152 Å². The van der Waals surface area contributed by atoms with Gasteiger partial charge >= 0.3 is 0 Å². The second-order valence-electron chi connectivity index (χ2n) is 8.61. The largest absolute Gasteiger partial charge is 0.390 e. The first kappa shape index (κ1) is 24.3. The number of amides is 1. The van der Waals surface area contributed by atoms with Crippen molar-refractivity contribution >= 4 is 47.2 Å². The van der Waals surface area contributed by atoms with E-state index < -0.39 is 36.2 Å². The third-order valence-corrected chi connectivity index (χ3v) is 6.88. The van der Waals surface area contributed by atoms with E-state index in [2.05, 4.69) is 15.2 Å². The molecule has 4 heterocycles. The van der Waals surface area contributed by atoms with Gasteiger partial charge in [0, 0.05) is 29.4 Å². The maximum absolute atomic E-state index is 15.2. The standard InChI is InChI=1S/C24H21ClF2N8O3/c25-15-2-4-17(33(11-28)32-29)21(23(15)27)12-7-13-1-3-18(35(13)20(37)8-12)24-30-9-16(31-24)14-5-6-34(38)19(10-36)22(14)26/h2,4-6,8-9,11,13,18,28-29,36,38H,1,3,7,10H2/b16-14-,28-11?,32-29?/t13-,18+/m1/s1/i13D. The number of nitrogens with one attached hydrogen (secondary N) is 2. The molecule has 196 valence electrons. The number of aliphatic imine (C=N–C) groups is 2. The van der Waals surface area contributed by atoms with Crippen molar-refractivity contribution < 1.29 is 25.3 Å². The van der Waals surface area contributed by atoms with Gasteiger partial charge < -0.3 is 10.0 Å². The predicted octanol–water partition coefficient (Wildman–Crippen LogP) is 4.11. The van der Waals surface area contributed by atoms with E-state index in [4.69, 9.17) is 23.9 Å². The van der Waals surface area contributed by atoms with Crippen LogP contribution in [-0.2, 0) is 4.79 Å². The molecule has 0 aromatic heterocycles. The van der Waals surface area contributed by atoms with Crippen LogP contribution >= 0.6 is 11.6 Å². The van der Waals surface area contributed by atoms with Gasteiger partial charge in [-0.15, -0.1) is 0 Å². The monoisotopic (exact) mass is 543 g/mol. The van der Waals surface area contributed by atoms with E-state index in [0.29, 0.717) is 17.8 Å². The molecule has 5 rings (SSSR count). The molecule has 14 heteroatoms. The van der Waals surface area contributed by atoms with E-state index in [1.54, 1.807) is 0 Å². The smallest absolute Gasteiger partial charge is 0.247 e. The summed E-state index contributed by atoms with van der Waals surface area (Å²) in [6, 6.07) is 0.424. The van der Waals surface area contributed by atoms with Gasteiger partial charge in [-0.25, -0.2) is 28.8 Å². The zero-order valence-electron chi connectivity index (χ0n) is 20.6. The first-order valence-corrected chi connectivity index (χ1v) is 11.7. The first-order valence-electron chi connectivity index (χ1n) is 11.9. The van der Waals surface area contributed by atoms with E-state index in [9.17, 15) is 19.5 Å². The minimum atomic E-state index is -1.49. The molecule has 4 N–H and O–H groups in total. The molecule has 0 unspecified atom stereocenters. The van der Waals surface area contributed by atoms with Crippen LogP contribution in [-0.4, -0.2) is 63.2 Å². The van der Waals surface area contributed by atoms with Crippen molar-refractivity contribution in [3.63, 3.8) is 0 Å². The van der Waals surface area contributed by atoms with E-state index in [-0.39, 0.29) is 57.5 Å². The van der Waals surface area contributed by atoms with Crippen LogP contribution in [0, 0.1) is 16.8 Å². The van der Waals surface area contributed by atoms with E-state index in [1.807, 2.05) is 0 Å². The van der Waals surface area contributed by atoms with E-state index >= 15 is 4.39 Å². The minimum Gasteiger partial charge on any atom is -0.390 e. The van der Waals surface area contributed by atoms with Gasteiger partial charge in [0.1, 0.15) is 12.0 Å². The number of hydroxylamine groups is 2. The number of hydrogen-bond acceptors (Lipinski definition) is 9. The number of anilines is 1. The number of carbonyl (C=O) groups is 1. The van der Waals surface area contributed by atoms with Crippen LogP contribution in [0.15, 0.2) is 68.5 Å². The Balaban J connectivity index is 1.51. The van der Waals surface area contributed by atoms with Gasteiger partial charge in [0.25, 0.3) is 0 Å². The Hall–Kier alpha value is -4.07. The van der Waals surface area contributed by atoms with Crippen molar-refractivity contribution in [1.82, 2.24) is 9.96 Å². The number of benzene rings is 1. The lowest BCUT2D eigenvalue weighted by molar-refractivity contribution is -0.128. The lowest BCUT2D eigenvalue weighted by atomic mass is 9.92. The van der Waals surface area contributed by atoms with Crippen LogP contribution in [0.1, 0.15) is 26.2 Å². The summed E-state index contributed by atoms with van der Waals surface area (Å²) in [5, 5.41) is 30.8. The fourth-order valence-corrected chi connectivity index (χ4v) is 5.00. The highest BCUT2D eigenvalue weighted by molar-refractivity contribution is 6.31. The van der Waals surface area contributed by atoms with Gasteiger partial charge in [-0.3, -0.25) is 15.4 Å². The number of aliphatic hydroxyl groups is 1. The molecule has 0 aliphatic carbocycles. The van der Waals surface area contributed by atoms with Crippen LogP contribution in [0.25, 0.3) is 5.57 Å². The van der Waals surface area contributed by atoms with Gasteiger partial charge in [-0.1, -0.05) is 16.8 Å². The lowest BCUT2D eigenvalue weighted by Gasteiger charge is -2.33. The number of amidine groups is 1. The molecule has 0 saturated carbocycles. The van der Waals surface area contributed by atoms with Crippen LogP contribution in [0.4, 0.5) is 14.5 Å². The zero-order valence-corrected chi connectivity index (χ0v) is 20.3. The fourth-order valence-electron chi connectivity index (χ4n) is 4.84. The Morgan fingerprint density at radius 2 is 2.16 bits per heavy atom. The second-order valence-corrected chi connectivity index (χ2v) is 9.02. The fraction of sp³-hybridized carbons (Fsp3) is 0.250. The summed E-state index contributed by atoms with van der Waals surface area (Å²) in [4.78, 5) is 23.4. The van der Waals surface area contributed by atoms with E-state index in [0.717, 1.165) is 11.2 Å². The van der Waals surface area contributed by atoms with Gasteiger partial charge in [-0.2, -0.15) is 5.53 Å². The van der Waals surface area contributed by atoms with Crippen LogP contribution in [0.5, 0.6) is 0 Å². The quantitative estimate of drug-likeness (QED) is 0.184. The normalized spacial score (nSPS) is 26.9. The number of carbonyl (C=O) groups excluding carboxylic acids is 1. The van der Waals surface area contributed by atoms with Crippen LogP contribution in [0.3, 0.4) is 0 Å². The summed E-state index contributed by atoms with van der Waals surface area (Å²) in [6.45, 7) is -0.749. The Morgan fingerprint density at radius 1 is 1.37 bits per heavy atom. The third kappa shape index (κ3) is 4.14. The molecule has 38 heavy (non-hydrogen) atoms. The van der Waals surface area contributed by atoms with E-state index in [1.165, 1.54) is 35.4 Å². The maximum atomic E-state index is 15.2. The van der Waals surface area contributed by atoms with Gasteiger partial charge in [0.2, 0.25) is 5.91 Å². The molecule has 1 fully saturated rings. The summed E-state index contributed by atoms with van der Waals surface area (Å²) in [6.07, 6.45) is 6.06. The molecule has 0 bridgehead atoms. The molecule has 1 amide bonds. The molecule has 4 aliphatic rings. The zero-order chi connectivity index (χ0) is 28.1. The lowest BCUT2D eigenvalue weighted by Crippen LogP contribution is -2.45. The number of fused-ring (bicyclic) bond motifs is 1. The highest BCUT2D eigenvalue weighted by atomic mass is 35.5. The molecular weight excluding hydrogens is 522 g/mol. The number of allylic oxidation sites excluding steroid dienone is 4. The molecule has 0 radical (unpaired) electrons. The Labute approximate surface area is 221 Å². The Morgan fingerprint density at radius 3 is 2.87 bits per heavy atom. The molecule has 0 spiro atoms. The molecule has 11 nitrogen and oxygen atoms in total. The minimum absolute atomic E-state index is 0.00934. The molecule has 4 aliphatic heterocycles. The van der Waals surface area contributed by atoms with Crippen molar-refractivity contribution in [2.75, 3.05) is 11.6 Å². The second kappa shape index (κ2) is 10.0. The summed E-state index contributed by atoms with van der Waals surface area (Å²) < 4.78 is 39.2. The molecule has 1 saturated heterocycles. The molecule has 1 aromatic carbocycles. The Kier molecular flexibility index (Phi) is 6.39. The Bertz CT molecular complexity index is 1480. The van der Waals surface area contributed by atoms with Crippen LogP contribution < -0.4 is 5.01 Å². The SMILES string of the molecule is [2H][C@]12CC[C@@H](C3=N/C(=C4/C=CN(O)C(CO)=C4F)C=N3)N1C(=O)C=C(c1c(N(C=N)N=N)ccc(Cl)c1F)C2. The van der Waals surface area contributed by atoms with Crippen molar-refractivity contribution in [2.45, 2.75) is 31.3 Å². The highest BCUT2D eigenvalue weighted by Crippen LogP contribution is 2.42. The van der Waals surface area contributed by atoms with Crippen molar-refractivity contribution in [2.24, 2.45) is 15.2 Å².